The standard InChI is InChI=1S/C25H22N2O3/c1-29-18-13-12-17(24(26)15-18)7-6-14-27-25(28)30-16-23-21-10-4-2-8-19(21)20-9-3-5-11-22(20)23/h2-5,8-13,15,23H,14,16,26H2,1H3,(H,27,28). The lowest BCUT2D eigenvalue weighted by Crippen LogP contribution is -2.26. The maximum Gasteiger partial charge on any atom is 0.407 e. The van der Waals surface area contributed by atoms with Crippen molar-refractivity contribution in [2.45, 2.75) is 5.92 Å². The summed E-state index contributed by atoms with van der Waals surface area (Å²) in [6.07, 6.45) is -0.492. The number of nitrogens with two attached hydrogens (primary N) is 1. The molecule has 0 bridgehead atoms. The Morgan fingerprint density at radius 3 is 2.33 bits per heavy atom. The molecule has 4 rings (SSSR count). The fourth-order valence-electron chi connectivity index (χ4n) is 3.69. The van der Waals surface area contributed by atoms with Gasteiger partial charge in [0.2, 0.25) is 0 Å². The lowest BCUT2D eigenvalue weighted by molar-refractivity contribution is 0.144. The van der Waals surface area contributed by atoms with E-state index >= 15 is 0 Å². The van der Waals surface area contributed by atoms with Crippen molar-refractivity contribution >= 4 is 11.8 Å². The van der Waals surface area contributed by atoms with E-state index in [0.717, 1.165) is 0 Å². The van der Waals surface area contributed by atoms with Crippen molar-refractivity contribution in [3.8, 4) is 28.7 Å². The minimum absolute atomic E-state index is 0.0355. The molecule has 1 aliphatic rings. The molecule has 0 atom stereocenters. The highest BCUT2D eigenvalue weighted by molar-refractivity contribution is 5.79. The molecule has 0 aromatic heterocycles. The van der Waals surface area contributed by atoms with Gasteiger partial charge in [-0.1, -0.05) is 60.4 Å². The third-order valence-electron chi connectivity index (χ3n) is 5.15. The highest BCUT2D eigenvalue weighted by atomic mass is 16.5. The number of nitrogens with one attached hydrogen (secondary N) is 1. The largest absolute Gasteiger partial charge is 0.497 e. The Balaban J connectivity index is 1.34. The van der Waals surface area contributed by atoms with E-state index in [0.29, 0.717) is 17.0 Å². The topological polar surface area (TPSA) is 73.6 Å². The van der Waals surface area contributed by atoms with Gasteiger partial charge in [0, 0.05) is 17.5 Å². The van der Waals surface area contributed by atoms with Crippen LogP contribution >= 0.6 is 0 Å². The summed E-state index contributed by atoms with van der Waals surface area (Å²) in [6.45, 7) is 0.445. The number of carbonyl (C=O) groups excluding carboxylic acids is 1. The molecule has 0 unspecified atom stereocenters. The minimum Gasteiger partial charge on any atom is -0.497 e. The first-order valence-corrected chi connectivity index (χ1v) is 9.68. The Hall–Kier alpha value is -3.91. The SMILES string of the molecule is COc1ccc(C#CCNC(=O)OCC2c3ccccc3-c3ccccc32)c(N)c1. The predicted octanol–water partition coefficient (Wildman–Crippen LogP) is 4.17. The number of rotatable bonds is 4. The van der Waals surface area contributed by atoms with Crippen LogP contribution in [0.15, 0.2) is 66.7 Å². The molecule has 0 heterocycles. The molecule has 1 amide bonds. The van der Waals surface area contributed by atoms with E-state index in [-0.39, 0.29) is 19.1 Å². The summed E-state index contributed by atoms with van der Waals surface area (Å²) in [7, 11) is 1.58. The van der Waals surface area contributed by atoms with Gasteiger partial charge in [-0.05, 0) is 34.4 Å². The fourth-order valence-corrected chi connectivity index (χ4v) is 3.69. The zero-order valence-corrected chi connectivity index (χ0v) is 16.6. The van der Waals surface area contributed by atoms with Gasteiger partial charge in [-0.15, -0.1) is 0 Å². The molecule has 0 fully saturated rings. The highest BCUT2D eigenvalue weighted by Crippen LogP contribution is 2.44. The zero-order valence-electron chi connectivity index (χ0n) is 16.6. The van der Waals surface area contributed by atoms with Gasteiger partial charge in [0.25, 0.3) is 0 Å². The summed E-state index contributed by atoms with van der Waals surface area (Å²) in [5.41, 5.74) is 11.9. The molecule has 0 spiro atoms. The molecule has 0 saturated carbocycles. The summed E-state index contributed by atoms with van der Waals surface area (Å²) in [5, 5.41) is 2.67. The highest BCUT2D eigenvalue weighted by Gasteiger charge is 2.28. The molecular weight excluding hydrogens is 376 g/mol. The first kappa shape index (κ1) is 19.4. The molecule has 1 aliphatic carbocycles. The predicted molar refractivity (Wildman–Crippen MR) is 117 cm³/mol. The molecule has 0 saturated heterocycles. The number of nitrogen functional groups attached to an aromatic ring is 1. The van der Waals surface area contributed by atoms with E-state index in [1.807, 2.05) is 24.3 Å². The Labute approximate surface area is 175 Å². The molecule has 3 aromatic rings. The molecule has 30 heavy (non-hydrogen) atoms. The van der Waals surface area contributed by atoms with Crippen molar-refractivity contribution in [1.82, 2.24) is 5.32 Å². The molecule has 3 N–H and O–H groups in total. The smallest absolute Gasteiger partial charge is 0.407 e. The van der Waals surface area contributed by atoms with Gasteiger partial charge in [-0.3, -0.25) is 0 Å². The quantitative estimate of drug-likeness (QED) is 0.511. The number of hydrogen-bond donors (Lipinski definition) is 2. The Kier molecular flexibility index (Phi) is 5.58. The number of hydrogen-bond acceptors (Lipinski definition) is 4. The monoisotopic (exact) mass is 398 g/mol. The van der Waals surface area contributed by atoms with Crippen molar-refractivity contribution in [2.24, 2.45) is 0 Å². The number of carbonyl (C=O) groups is 1. The number of ether oxygens (including phenoxy) is 2. The number of fused-ring (bicyclic) bond motifs is 3. The van der Waals surface area contributed by atoms with Crippen LogP contribution in [0.25, 0.3) is 11.1 Å². The third kappa shape index (κ3) is 3.94. The van der Waals surface area contributed by atoms with Crippen molar-refractivity contribution < 1.29 is 14.3 Å². The van der Waals surface area contributed by atoms with Crippen molar-refractivity contribution in [2.75, 3.05) is 26.0 Å². The summed E-state index contributed by atoms with van der Waals surface area (Å²) in [4.78, 5) is 12.1. The van der Waals surface area contributed by atoms with Crippen LogP contribution in [-0.4, -0.2) is 26.4 Å². The molecule has 5 nitrogen and oxygen atoms in total. The van der Waals surface area contributed by atoms with Crippen LogP contribution in [-0.2, 0) is 4.74 Å². The third-order valence-corrected chi connectivity index (χ3v) is 5.15. The summed E-state index contributed by atoms with van der Waals surface area (Å²) < 4.78 is 10.6. The second-order valence-corrected chi connectivity index (χ2v) is 6.93. The lowest BCUT2D eigenvalue weighted by Gasteiger charge is -2.14. The second-order valence-electron chi connectivity index (χ2n) is 6.93. The Morgan fingerprint density at radius 2 is 1.70 bits per heavy atom. The lowest BCUT2D eigenvalue weighted by atomic mass is 9.98. The fraction of sp³-hybridized carbons (Fsp3) is 0.160. The van der Waals surface area contributed by atoms with E-state index in [1.54, 1.807) is 25.3 Å². The molecule has 0 aliphatic heterocycles. The van der Waals surface area contributed by atoms with Gasteiger partial charge in [0.15, 0.2) is 0 Å². The normalized spacial score (nSPS) is 11.6. The number of amides is 1. The zero-order chi connectivity index (χ0) is 20.9. The van der Waals surface area contributed by atoms with Gasteiger partial charge in [0.1, 0.15) is 12.4 Å². The van der Waals surface area contributed by atoms with Crippen LogP contribution in [0.3, 0.4) is 0 Å². The minimum atomic E-state index is -0.492. The number of anilines is 1. The van der Waals surface area contributed by atoms with Crippen LogP contribution in [0.1, 0.15) is 22.6 Å². The molecule has 3 aromatic carbocycles. The first-order valence-electron chi connectivity index (χ1n) is 9.68. The number of alkyl carbamates (subject to hydrolysis) is 1. The second kappa shape index (κ2) is 8.62. The van der Waals surface area contributed by atoms with Crippen LogP contribution in [0.5, 0.6) is 5.75 Å². The van der Waals surface area contributed by atoms with Gasteiger partial charge in [-0.25, -0.2) is 4.79 Å². The van der Waals surface area contributed by atoms with Crippen molar-refractivity contribution in [1.29, 1.82) is 0 Å². The summed E-state index contributed by atoms with van der Waals surface area (Å²) in [5.74, 6) is 6.54. The summed E-state index contributed by atoms with van der Waals surface area (Å²) >= 11 is 0. The van der Waals surface area contributed by atoms with E-state index < -0.39 is 6.09 Å². The molecular formula is C25H22N2O3. The van der Waals surface area contributed by atoms with Gasteiger partial charge < -0.3 is 20.5 Å². The van der Waals surface area contributed by atoms with Crippen molar-refractivity contribution in [3.05, 3.63) is 83.4 Å². The maximum absolute atomic E-state index is 12.1. The van der Waals surface area contributed by atoms with Crippen LogP contribution in [0, 0.1) is 11.8 Å². The van der Waals surface area contributed by atoms with Gasteiger partial charge >= 0.3 is 6.09 Å². The Morgan fingerprint density at radius 1 is 1.03 bits per heavy atom. The van der Waals surface area contributed by atoms with E-state index in [1.165, 1.54) is 22.3 Å². The average Bonchev–Trinajstić information content (AvgIpc) is 3.10. The van der Waals surface area contributed by atoms with E-state index in [4.69, 9.17) is 15.2 Å². The maximum atomic E-state index is 12.1. The number of benzene rings is 3. The number of methoxy groups -OCH3 is 1. The first-order chi connectivity index (χ1) is 14.7. The van der Waals surface area contributed by atoms with Crippen LogP contribution < -0.4 is 15.8 Å². The van der Waals surface area contributed by atoms with E-state index in [9.17, 15) is 4.79 Å². The average molecular weight is 398 g/mol. The molecule has 150 valence electrons. The van der Waals surface area contributed by atoms with E-state index in [2.05, 4.69) is 41.4 Å². The molecule has 5 heteroatoms. The Bertz CT molecular complexity index is 1100. The van der Waals surface area contributed by atoms with Gasteiger partial charge in [0.05, 0.1) is 19.3 Å². The molecule has 0 radical (unpaired) electrons. The van der Waals surface area contributed by atoms with Crippen molar-refractivity contribution in [3.63, 3.8) is 0 Å². The van der Waals surface area contributed by atoms with Gasteiger partial charge in [-0.2, -0.15) is 0 Å². The summed E-state index contributed by atoms with van der Waals surface area (Å²) in [6, 6.07) is 21.8. The van der Waals surface area contributed by atoms with Crippen LogP contribution in [0.4, 0.5) is 10.5 Å². The van der Waals surface area contributed by atoms with Crippen LogP contribution in [0.2, 0.25) is 0 Å².